The molecule has 0 spiro atoms. The van der Waals surface area contributed by atoms with E-state index in [0.29, 0.717) is 48.2 Å². The molecule has 29 heavy (non-hydrogen) atoms. The lowest BCUT2D eigenvalue weighted by atomic mass is 10.2. The lowest BCUT2D eigenvalue weighted by Gasteiger charge is -2.14. The van der Waals surface area contributed by atoms with Crippen LogP contribution in [0.2, 0.25) is 0 Å². The van der Waals surface area contributed by atoms with Gasteiger partial charge in [0.1, 0.15) is 12.4 Å². The number of hydrogen-bond acceptors (Lipinski definition) is 5. The number of nitrogens with one attached hydrogen (secondary N) is 1. The molecule has 0 bridgehead atoms. The van der Waals surface area contributed by atoms with Gasteiger partial charge in [0.2, 0.25) is 5.91 Å². The molecule has 1 saturated heterocycles. The van der Waals surface area contributed by atoms with E-state index in [-0.39, 0.29) is 18.1 Å². The summed E-state index contributed by atoms with van der Waals surface area (Å²) in [5, 5.41) is 2.81. The second-order valence-electron chi connectivity index (χ2n) is 6.49. The summed E-state index contributed by atoms with van der Waals surface area (Å²) in [6, 6.07) is 12.9. The summed E-state index contributed by atoms with van der Waals surface area (Å²) in [7, 11) is 0. The Morgan fingerprint density at radius 2 is 2.03 bits per heavy atom. The smallest absolute Gasteiger partial charge is 0.414 e. The molecule has 0 unspecified atom stereocenters. The number of carbonyl (C=O) groups is 2. The molecule has 2 heterocycles. The van der Waals surface area contributed by atoms with Gasteiger partial charge in [-0.15, -0.1) is 0 Å². The zero-order chi connectivity index (χ0) is 20.2. The van der Waals surface area contributed by atoms with Crippen molar-refractivity contribution in [3.63, 3.8) is 0 Å². The number of ether oxygens (including phenoxy) is 1. The van der Waals surface area contributed by atoms with Crippen LogP contribution in [0.4, 0.5) is 20.6 Å². The molecule has 148 valence electrons. The van der Waals surface area contributed by atoms with E-state index in [1.54, 1.807) is 42.6 Å². The van der Waals surface area contributed by atoms with Crippen LogP contribution in [0.25, 0.3) is 11.3 Å². The molecule has 2 amide bonds. The summed E-state index contributed by atoms with van der Waals surface area (Å²) < 4.78 is 23.6. The Morgan fingerprint density at radius 1 is 1.21 bits per heavy atom. The fourth-order valence-electron chi connectivity index (χ4n) is 3.00. The third-order valence-electron chi connectivity index (χ3n) is 4.45. The molecule has 2 aromatic carbocycles. The average Bonchev–Trinajstić information content (AvgIpc) is 3.36. The maximum Gasteiger partial charge on any atom is 0.414 e. The number of amides is 2. The van der Waals surface area contributed by atoms with E-state index in [1.807, 2.05) is 0 Å². The van der Waals surface area contributed by atoms with Gasteiger partial charge in [0.15, 0.2) is 11.7 Å². The quantitative estimate of drug-likeness (QED) is 0.682. The first kappa shape index (κ1) is 18.7. The van der Waals surface area contributed by atoms with E-state index in [9.17, 15) is 14.0 Å². The first-order valence-electron chi connectivity index (χ1n) is 9.13. The van der Waals surface area contributed by atoms with Gasteiger partial charge < -0.3 is 14.5 Å². The largest absolute Gasteiger partial charge is 0.447 e. The van der Waals surface area contributed by atoms with Gasteiger partial charge in [0.05, 0.1) is 12.7 Å². The number of halogens is 1. The number of anilines is 2. The Kier molecular flexibility index (Phi) is 5.24. The van der Waals surface area contributed by atoms with E-state index >= 15 is 0 Å². The Bertz CT molecular complexity index is 1030. The van der Waals surface area contributed by atoms with Gasteiger partial charge in [-0.3, -0.25) is 9.69 Å². The third kappa shape index (κ3) is 4.43. The number of hydrogen-bond donors (Lipinski definition) is 1. The van der Waals surface area contributed by atoms with Crippen LogP contribution in [0, 0.1) is 5.82 Å². The Labute approximate surface area is 166 Å². The van der Waals surface area contributed by atoms with Crippen LogP contribution in [-0.4, -0.2) is 30.1 Å². The lowest BCUT2D eigenvalue weighted by molar-refractivity contribution is -0.116. The fourth-order valence-corrected chi connectivity index (χ4v) is 3.00. The molecule has 1 fully saturated rings. The molecule has 1 aliphatic rings. The number of aromatic nitrogens is 1. The highest BCUT2D eigenvalue weighted by Gasteiger charge is 2.23. The summed E-state index contributed by atoms with van der Waals surface area (Å²) >= 11 is 0. The van der Waals surface area contributed by atoms with Gasteiger partial charge in [0, 0.05) is 29.8 Å². The molecule has 0 radical (unpaired) electrons. The van der Waals surface area contributed by atoms with Crippen molar-refractivity contribution in [1.82, 2.24) is 4.98 Å². The maximum atomic E-state index is 13.0. The number of carbonyl (C=O) groups excluding carboxylic acids is 2. The zero-order valence-electron chi connectivity index (χ0n) is 15.4. The minimum absolute atomic E-state index is 0.180. The second-order valence-corrected chi connectivity index (χ2v) is 6.49. The Balaban J connectivity index is 1.34. The summed E-state index contributed by atoms with van der Waals surface area (Å²) in [4.78, 5) is 29.6. The van der Waals surface area contributed by atoms with Crippen LogP contribution < -0.4 is 10.2 Å². The fraction of sp³-hybridized carbons (Fsp3) is 0.190. The molecular formula is C21H18FN3O4. The molecular weight excluding hydrogens is 377 g/mol. The number of nitrogens with zero attached hydrogens (tertiary/aromatic N) is 2. The van der Waals surface area contributed by atoms with E-state index < -0.39 is 6.09 Å². The molecule has 7 nitrogen and oxygen atoms in total. The van der Waals surface area contributed by atoms with E-state index in [0.717, 1.165) is 0 Å². The van der Waals surface area contributed by atoms with Crippen LogP contribution in [0.15, 0.2) is 59.1 Å². The Morgan fingerprint density at radius 3 is 2.79 bits per heavy atom. The van der Waals surface area contributed by atoms with Crippen LogP contribution in [0.3, 0.4) is 0 Å². The molecule has 8 heteroatoms. The second kappa shape index (κ2) is 8.14. The van der Waals surface area contributed by atoms with Gasteiger partial charge in [-0.05, 0) is 42.5 Å². The number of rotatable bonds is 6. The van der Waals surface area contributed by atoms with Gasteiger partial charge in [-0.2, -0.15) is 0 Å². The van der Waals surface area contributed by atoms with Crippen molar-refractivity contribution >= 4 is 23.4 Å². The summed E-state index contributed by atoms with van der Waals surface area (Å²) in [6.45, 7) is 0.836. The first-order valence-corrected chi connectivity index (χ1v) is 9.13. The number of benzene rings is 2. The molecule has 0 aliphatic carbocycles. The Hall–Kier alpha value is -3.68. The topological polar surface area (TPSA) is 84.7 Å². The highest BCUT2D eigenvalue weighted by molar-refractivity contribution is 5.93. The van der Waals surface area contributed by atoms with Gasteiger partial charge >= 0.3 is 6.09 Å². The van der Waals surface area contributed by atoms with Gasteiger partial charge in [-0.25, -0.2) is 14.2 Å². The van der Waals surface area contributed by atoms with Crippen molar-refractivity contribution in [2.75, 3.05) is 23.4 Å². The van der Waals surface area contributed by atoms with E-state index in [2.05, 4.69) is 10.3 Å². The molecule has 3 aromatic rings. The van der Waals surface area contributed by atoms with Crippen molar-refractivity contribution in [1.29, 1.82) is 0 Å². The summed E-state index contributed by atoms with van der Waals surface area (Å²) in [6.07, 6.45) is 1.66. The minimum Gasteiger partial charge on any atom is -0.447 e. The number of cyclic esters (lactones) is 1. The molecule has 1 aliphatic heterocycles. The van der Waals surface area contributed by atoms with Crippen molar-refractivity contribution in [2.24, 2.45) is 0 Å². The minimum atomic E-state index is -0.394. The van der Waals surface area contributed by atoms with Crippen LogP contribution >= 0.6 is 0 Å². The highest BCUT2D eigenvalue weighted by atomic mass is 19.1. The van der Waals surface area contributed by atoms with Gasteiger partial charge in [-0.1, -0.05) is 6.07 Å². The van der Waals surface area contributed by atoms with E-state index in [1.165, 1.54) is 17.0 Å². The van der Waals surface area contributed by atoms with Gasteiger partial charge in [0.25, 0.3) is 0 Å². The first-order chi connectivity index (χ1) is 14.1. The molecule has 0 atom stereocenters. The predicted molar refractivity (Wildman–Crippen MR) is 104 cm³/mol. The number of oxazole rings is 1. The average molecular weight is 395 g/mol. The lowest BCUT2D eigenvalue weighted by Crippen LogP contribution is -2.23. The van der Waals surface area contributed by atoms with E-state index in [4.69, 9.17) is 9.15 Å². The molecule has 0 saturated carbocycles. The van der Waals surface area contributed by atoms with Crippen molar-refractivity contribution < 1.29 is 23.1 Å². The van der Waals surface area contributed by atoms with Crippen molar-refractivity contribution in [2.45, 2.75) is 12.8 Å². The van der Waals surface area contributed by atoms with Crippen LogP contribution in [0.5, 0.6) is 0 Å². The van der Waals surface area contributed by atoms with Crippen molar-refractivity contribution in [3.05, 3.63) is 66.4 Å². The van der Waals surface area contributed by atoms with Crippen molar-refractivity contribution in [3.8, 4) is 11.3 Å². The number of aryl methyl sites for hydroxylation is 1. The third-order valence-corrected chi connectivity index (χ3v) is 4.45. The maximum absolute atomic E-state index is 13.0. The predicted octanol–water partition coefficient (Wildman–Crippen LogP) is 4.01. The molecule has 4 rings (SSSR count). The zero-order valence-corrected chi connectivity index (χ0v) is 15.4. The van der Waals surface area contributed by atoms with Crippen LogP contribution in [0.1, 0.15) is 12.3 Å². The summed E-state index contributed by atoms with van der Waals surface area (Å²) in [5.74, 6) is 0.419. The molecule has 1 N–H and O–H groups in total. The standard InChI is InChI=1S/C21H18FN3O4/c22-15-6-4-14(5-7-15)18-13-23-20(29-18)9-8-19(26)24-16-2-1-3-17(12-16)25-10-11-28-21(25)27/h1-7,12-13H,8-11H2,(H,24,26). The monoisotopic (exact) mass is 395 g/mol. The summed E-state index contributed by atoms with van der Waals surface area (Å²) in [5.41, 5.74) is 1.97. The normalized spacial score (nSPS) is 13.4. The highest BCUT2D eigenvalue weighted by Crippen LogP contribution is 2.23. The molecule has 1 aromatic heterocycles. The van der Waals surface area contributed by atoms with Crippen LogP contribution in [-0.2, 0) is 16.0 Å². The SMILES string of the molecule is O=C(CCc1ncc(-c2ccc(F)cc2)o1)Nc1cccc(N2CCOC2=O)c1.